The van der Waals surface area contributed by atoms with Crippen LogP contribution in [0.15, 0.2) is 30.5 Å². The molecule has 0 spiro atoms. The van der Waals surface area contributed by atoms with E-state index in [1.165, 1.54) is 25.2 Å². The van der Waals surface area contributed by atoms with Gasteiger partial charge in [0.25, 0.3) is 11.8 Å². The van der Waals surface area contributed by atoms with Gasteiger partial charge in [0.1, 0.15) is 11.6 Å². The SMILES string of the molecule is CCC(CO)(CO)NC(=O)[C]1[CH][CH][CH][CH]1.CN1C(=O)c2c(c3c4cc(O)ccc4[nH]c3c3ncc(F)cc23)C1=O.[C-]#[O+].[Ru+3]. The fourth-order valence-electron chi connectivity index (χ4n) is 4.85. The van der Waals surface area contributed by atoms with Gasteiger partial charge in [-0.15, -0.1) is 0 Å². The maximum absolute atomic E-state index is 13.8. The van der Waals surface area contributed by atoms with E-state index >= 15 is 0 Å². The number of aliphatic hydroxyl groups excluding tert-OH is 2. The third kappa shape index (κ3) is 6.04. The number of aliphatic hydroxyl groups is 2. The molecule has 13 heteroatoms. The molecule has 3 amide bonds. The fourth-order valence-corrected chi connectivity index (χ4v) is 4.85. The van der Waals surface area contributed by atoms with E-state index in [9.17, 15) is 23.9 Å². The first-order valence-corrected chi connectivity index (χ1v) is 12.7. The molecule has 2 aromatic carbocycles. The second-order valence-corrected chi connectivity index (χ2v) is 9.65. The number of carbonyl (C=O) groups excluding carboxylic acids is 3. The minimum Gasteiger partial charge on any atom is 3.00 e. The van der Waals surface area contributed by atoms with Crippen molar-refractivity contribution < 1.29 is 58.2 Å². The number of nitrogens with zero attached hydrogens (tertiary/aromatic N) is 2. The van der Waals surface area contributed by atoms with E-state index in [2.05, 4.69) is 21.9 Å². The first-order valence-electron chi connectivity index (χ1n) is 12.7. The van der Waals surface area contributed by atoms with Gasteiger partial charge in [0.05, 0.1) is 53.0 Å². The number of halogens is 1. The zero-order chi connectivity index (χ0) is 30.8. The molecule has 0 saturated heterocycles. The van der Waals surface area contributed by atoms with Crippen LogP contribution in [0, 0.1) is 44.1 Å². The van der Waals surface area contributed by atoms with Crippen molar-refractivity contribution in [2.24, 2.45) is 0 Å². The fraction of sp³-hybridized carbons (Fsp3) is 0.200. The zero-order valence-electron chi connectivity index (χ0n) is 22.9. The van der Waals surface area contributed by atoms with Gasteiger partial charge in [0.2, 0.25) is 5.91 Å². The van der Waals surface area contributed by atoms with Gasteiger partial charge in [-0.1, -0.05) is 6.92 Å². The van der Waals surface area contributed by atoms with Crippen molar-refractivity contribution in [3.05, 3.63) is 85.7 Å². The number of fused-ring (bicyclic) bond motifs is 8. The van der Waals surface area contributed by atoms with E-state index in [0.29, 0.717) is 45.0 Å². The summed E-state index contributed by atoms with van der Waals surface area (Å²) in [6.07, 6.45) is 8.45. The van der Waals surface area contributed by atoms with E-state index in [4.69, 9.17) is 14.9 Å². The summed E-state index contributed by atoms with van der Waals surface area (Å²) in [5, 5.41) is 32.2. The van der Waals surface area contributed by atoms with E-state index in [1.54, 1.807) is 38.7 Å². The largest absolute Gasteiger partial charge is 3.00 e. The van der Waals surface area contributed by atoms with Gasteiger partial charge < -0.3 is 25.6 Å². The Morgan fingerprint density at radius 2 is 1.72 bits per heavy atom. The number of hydrogen-bond donors (Lipinski definition) is 5. The molecule has 2 aromatic heterocycles. The quantitative estimate of drug-likeness (QED) is 0.0936. The Labute approximate surface area is 258 Å². The topological polar surface area (TPSA) is 176 Å². The first-order chi connectivity index (χ1) is 20.1. The number of phenols is 1. The summed E-state index contributed by atoms with van der Waals surface area (Å²) < 4.78 is 21.3. The number of aromatic amines is 1. The number of rotatable bonds is 5. The molecular weight excluding hydrogens is 648 g/mol. The minimum atomic E-state index is -0.922. The summed E-state index contributed by atoms with van der Waals surface area (Å²) in [5.74, 6) is -1.23. The summed E-state index contributed by atoms with van der Waals surface area (Å²) in [7, 11) is 1.39. The van der Waals surface area contributed by atoms with Crippen molar-refractivity contribution in [1.82, 2.24) is 20.2 Å². The number of imide groups is 1. The number of benzene rings is 2. The van der Waals surface area contributed by atoms with Gasteiger partial charge in [0, 0.05) is 28.7 Å². The van der Waals surface area contributed by atoms with Gasteiger partial charge in [0.15, 0.2) is 0 Å². The number of aromatic nitrogens is 2. The Hall–Kier alpha value is -3.73. The van der Waals surface area contributed by atoms with Crippen LogP contribution in [0.2, 0.25) is 0 Å². The van der Waals surface area contributed by atoms with Crippen molar-refractivity contribution in [1.29, 1.82) is 0 Å². The zero-order valence-corrected chi connectivity index (χ0v) is 24.7. The Balaban J connectivity index is 0.000000244. The summed E-state index contributed by atoms with van der Waals surface area (Å²) in [6, 6.07) is 5.94. The Morgan fingerprint density at radius 1 is 1.09 bits per heavy atom. The predicted molar refractivity (Wildman–Crippen MR) is 149 cm³/mol. The normalized spacial score (nSPS) is 14.6. The molecule has 1 saturated carbocycles. The van der Waals surface area contributed by atoms with E-state index in [-0.39, 0.29) is 55.5 Å². The molecular formula is C30H26FN4O7Ru+3. The maximum atomic E-state index is 13.8. The van der Waals surface area contributed by atoms with E-state index < -0.39 is 23.2 Å². The third-order valence-electron chi connectivity index (χ3n) is 7.27. The number of nitrogens with one attached hydrogen (secondary N) is 2. The Bertz CT molecular complexity index is 1700. The molecule has 6 radical (unpaired) electrons. The molecule has 0 atom stereocenters. The summed E-state index contributed by atoms with van der Waals surface area (Å²) in [5.41, 5.74) is 1.05. The van der Waals surface area contributed by atoms with E-state index in [0.717, 1.165) is 11.1 Å². The average molecular weight is 675 g/mol. The van der Waals surface area contributed by atoms with Crippen LogP contribution in [-0.4, -0.2) is 73.7 Å². The van der Waals surface area contributed by atoms with Gasteiger partial charge >= 0.3 is 30.8 Å². The molecule has 5 N–H and O–H groups in total. The summed E-state index contributed by atoms with van der Waals surface area (Å²) in [6.45, 7) is 5.76. The van der Waals surface area contributed by atoms with Crippen LogP contribution in [-0.2, 0) is 28.9 Å². The second kappa shape index (κ2) is 13.7. The molecule has 3 heterocycles. The van der Waals surface area contributed by atoms with E-state index in [1.807, 2.05) is 0 Å². The number of phenolic OH excluding ortho intramolecular Hbond substituents is 1. The van der Waals surface area contributed by atoms with Crippen molar-refractivity contribution >= 4 is 50.4 Å². The summed E-state index contributed by atoms with van der Waals surface area (Å²) >= 11 is 0. The average Bonchev–Trinajstić information content (AvgIpc) is 3.72. The molecule has 43 heavy (non-hydrogen) atoms. The molecule has 1 fully saturated rings. The number of amides is 3. The first kappa shape index (κ1) is 33.8. The molecule has 0 unspecified atom stereocenters. The Morgan fingerprint density at radius 3 is 2.33 bits per heavy atom. The summed E-state index contributed by atoms with van der Waals surface area (Å²) in [4.78, 5) is 45.3. The number of aromatic hydroxyl groups is 1. The van der Waals surface area contributed by atoms with Crippen molar-refractivity contribution in [3.8, 4) is 5.75 Å². The van der Waals surface area contributed by atoms with Crippen molar-refractivity contribution in [2.45, 2.75) is 18.9 Å². The third-order valence-corrected chi connectivity index (χ3v) is 7.27. The number of hydrogen-bond acceptors (Lipinski definition) is 7. The smallest absolute Gasteiger partial charge is 3.00 e. The molecule has 0 bridgehead atoms. The second-order valence-electron chi connectivity index (χ2n) is 9.65. The van der Waals surface area contributed by atoms with Crippen LogP contribution in [0.5, 0.6) is 5.75 Å². The van der Waals surface area contributed by atoms with Crippen LogP contribution in [0.1, 0.15) is 34.1 Å². The van der Waals surface area contributed by atoms with Crippen molar-refractivity contribution in [3.63, 3.8) is 0 Å². The molecule has 11 nitrogen and oxygen atoms in total. The van der Waals surface area contributed by atoms with Crippen LogP contribution >= 0.6 is 0 Å². The predicted octanol–water partition coefficient (Wildman–Crippen LogP) is 2.54. The minimum absolute atomic E-state index is 0. The number of carbonyl (C=O) groups is 3. The monoisotopic (exact) mass is 675 g/mol. The molecule has 6 rings (SSSR count). The van der Waals surface area contributed by atoms with Crippen LogP contribution < -0.4 is 5.32 Å². The molecule has 2 aliphatic rings. The standard InChI is InChI=1S/C18H10FN3O3.C11H16NO3.CO.Ru/c1-22-17(24)13-10-4-7(19)6-20-15(10)16-12(14(13)18(22)25)9-5-8(23)2-3-11(9)21-16;1-2-11(7-13,8-14)12-10(15)9-5-3-4-6-9;1-2;/h2-6,21,23H,1H3;3-6,13-14H,2,7-8H2,1H3,(H,12,15);;/q;;;+3. The molecule has 1 aliphatic heterocycles. The van der Waals surface area contributed by atoms with Gasteiger partial charge in [-0.05, 0) is 56.4 Å². The van der Waals surface area contributed by atoms with Crippen LogP contribution in [0.25, 0.3) is 32.7 Å². The van der Waals surface area contributed by atoms with Gasteiger partial charge in [-0.25, -0.2) is 4.39 Å². The molecule has 4 aromatic rings. The van der Waals surface area contributed by atoms with Gasteiger partial charge in [-0.3, -0.25) is 24.3 Å². The van der Waals surface area contributed by atoms with Crippen LogP contribution in [0.3, 0.4) is 0 Å². The van der Waals surface area contributed by atoms with Crippen molar-refractivity contribution in [2.75, 3.05) is 20.3 Å². The van der Waals surface area contributed by atoms with Crippen LogP contribution in [0.4, 0.5) is 4.39 Å². The maximum Gasteiger partial charge on any atom is 3.00 e. The number of H-pyrrole nitrogens is 1. The molecule has 1 aliphatic carbocycles. The Kier molecular flexibility index (Phi) is 10.8. The molecule has 220 valence electrons. The van der Waals surface area contributed by atoms with Gasteiger partial charge in [-0.2, -0.15) is 0 Å². The number of pyridine rings is 1.